The van der Waals surface area contributed by atoms with Gasteiger partial charge in [-0.05, 0) is 13.8 Å². The second-order valence-corrected chi connectivity index (χ2v) is 1.09. The summed E-state index contributed by atoms with van der Waals surface area (Å²) in [6.07, 6.45) is -0.167. The van der Waals surface area contributed by atoms with Crippen molar-refractivity contribution in [1.82, 2.24) is 0 Å². The molecule has 0 unspecified atom stereocenters. The van der Waals surface area contributed by atoms with Crippen molar-refractivity contribution in [1.29, 1.82) is 0 Å². The van der Waals surface area contributed by atoms with Crippen LogP contribution in [-0.4, -0.2) is 11.2 Å². The predicted molar refractivity (Wildman–Crippen MR) is 17.4 cm³/mol. The van der Waals surface area contributed by atoms with E-state index in [0.29, 0.717) is 0 Å². The van der Waals surface area contributed by atoms with E-state index >= 15 is 0 Å². The zero-order valence-corrected chi connectivity index (χ0v) is 9.62. The largest absolute Gasteiger partial charge is 4.00 e. The van der Waals surface area contributed by atoms with Crippen LogP contribution in [0.2, 0.25) is 0 Å². The molecule has 1 nitrogen and oxygen atoms in total. The molecular weight excluding hydrogens is 242 g/mol. The van der Waals surface area contributed by atoms with E-state index in [4.69, 9.17) is 5.11 Å². The normalized spacial score (nSPS) is 4.00. The number of rotatable bonds is 0. The maximum Gasteiger partial charge on any atom is 4.00 e. The summed E-state index contributed by atoms with van der Waals surface area (Å²) >= 11 is 0. The van der Waals surface area contributed by atoms with E-state index in [2.05, 4.69) is 0 Å². The molecule has 0 amide bonds. The summed E-state index contributed by atoms with van der Waals surface area (Å²) in [7, 11) is 0. The molecule has 58 valence electrons. The summed E-state index contributed by atoms with van der Waals surface area (Å²) in [5.74, 6) is 0. The minimum atomic E-state index is -0.167. The van der Waals surface area contributed by atoms with Crippen molar-refractivity contribution in [3.63, 3.8) is 0 Å². The van der Waals surface area contributed by atoms with Gasteiger partial charge in [-0.1, -0.05) is 0 Å². The fourth-order valence-electron chi connectivity index (χ4n) is 0. The zero-order chi connectivity index (χ0) is 3.58. The van der Waals surface area contributed by atoms with Gasteiger partial charge in [0.1, 0.15) is 0 Å². The van der Waals surface area contributed by atoms with Gasteiger partial charge in [0, 0.05) is 6.10 Å². The molecule has 0 bridgehead atoms. The summed E-state index contributed by atoms with van der Waals surface area (Å²) in [4.78, 5) is 0. The molecule has 0 aromatic rings. The van der Waals surface area contributed by atoms with E-state index in [1.807, 2.05) is 0 Å². The van der Waals surface area contributed by atoms with Crippen molar-refractivity contribution in [2.24, 2.45) is 0 Å². The van der Waals surface area contributed by atoms with Crippen molar-refractivity contribution < 1.29 is 76.5 Å². The van der Waals surface area contributed by atoms with Crippen LogP contribution in [0.15, 0.2) is 0 Å². The Morgan fingerprint density at radius 3 is 0.889 bits per heavy atom. The van der Waals surface area contributed by atoms with Crippen LogP contribution >= 0.6 is 0 Å². The van der Waals surface area contributed by atoms with Gasteiger partial charge >= 0.3 is 21.7 Å². The van der Waals surface area contributed by atoms with Gasteiger partial charge in [0.05, 0.1) is 0 Å². The molecule has 0 saturated carbocycles. The number of aliphatic hydroxyl groups excluding tert-OH is 1. The second-order valence-electron chi connectivity index (χ2n) is 1.09. The standard InChI is InChI=1S/C3H8O.4ClH.Ti/c1-3(2)4;;;;;/h3-4H,1-2H3;4*1H;/q;;;;;+4/p-4. The second kappa shape index (κ2) is 32.8. The molecule has 0 spiro atoms. The molecule has 0 aromatic heterocycles. The molecule has 0 saturated heterocycles. The van der Waals surface area contributed by atoms with Crippen LogP contribution in [0.3, 0.4) is 0 Å². The van der Waals surface area contributed by atoms with Gasteiger partial charge in [0.15, 0.2) is 0 Å². The Hall–Kier alpha value is 1.83. The van der Waals surface area contributed by atoms with Crippen molar-refractivity contribution in [3.05, 3.63) is 0 Å². The number of halogens is 4. The molecule has 0 heterocycles. The van der Waals surface area contributed by atoms with Gasteiger partial charge < -0.3 is 54.7 Å². The summed E-state index contributed by atoms with van der Waals surface area (Å²) in [6, 6.07) is 0. The quantitative estimate of drug-likeness (QED) is 0.423. The van der Waals surface area contributed by atoms with Crippen LogP contribution in [0.4, 0.5) is 0 Å². The predicted octanol–water partition coefficient (Wildman–Crippen LogP) is -11.6. The molecule has 0 fully saturated rings. The average molecular weight is 250 g/mol. The van der Waals surface area contributed by atoms with Gasteiger partial charge in [0.25, 0.3) is 0 Å². The Morgan fingerprint density at radius 1 is 0.889 bits per heavy atom. The molecule has 1 N–H and O–H groups in total. The monoisotopic (exact) mass is 248 g/mol. The topological polar surface area (TPSA) is 20.2 Å². The van der Waals surface area contributed by atoms with Crippen molar-refractivity contribution in [2.45, 2.75) is 20.0 Å². The maximum absolute atomic E-state index is 8.06. The summed E-state index contributed by atoms with van der Waals surface area (Å²) < 4.78 is 0. The van der Waals surface area contributed by atoms with Crippen LogP contribution in [-0.2, 0) is 21.7 Å². The fourth-order valence-corrected chi connectivity index (χ4v) is 0. The molecule has 6 heteroatoms. The first kappa shape index (κ1) is 44.8. The van der Waals surface area contributed by atoms with Crippen molar-refractivity contribution in [3.8, 4) is 0 Å². The Morgan fingerprint density at radius 2 is 0.889 bits per heavy atom. The Balaban J connectivity index is -0.00000000450. The first-order valence-corrected chi connectivity index (χ1v) is 1.41. The summed E-state index contributed by atoms with van der Waals surface area (Å²) in [5, 5.41) is 8.06. The van der Waals surface area contributed by atoms with E-state index in [1.165, 1.54) is 0 Å². The maximum atomic E-state index is 8.06. The van der Waals surface area contributed by atoms with Crippen LogP contribution in [0, 0.1) is 0 Å². The number of hydrogen-bond donors (Lipinski definition) is 1. The van der Waals surface area contributed by atoms with Gasteiger partial charge in [0.2, 0.25) is 0 Å². The Bertz CT molecular complexity index is 20.5. The third-order valence-electron chi connectivity index (χ3n) is 0. The summed E-state index contributed by atoms with van der Waals surface area (Å²) in [5.41, 5.74) is 0. The molecule has 0 aliphatic carbocycles. The Kier molecular flexibility index (Phi) is 164. The molecule has 0 rings (SSSR count). The third-order valence-corrected chi connectivity index (χ3v) is 0. The molecule has 0 aliphatic heterocycles. The molecule has 9 heavy (non-hydrogen) atoms. The van der Waals surface area contributed by atoms with E-state index < -0.39 is 0 Å². The first-order valence-electron chi connectivity index (χ1n) is 1.41. The minimum absolute atomic E-state index is 0. The van der Waals surface area contributed by atoms with E-state index in [0.717, 1.165) is 0 Å². The smallest absolute Gasteiger partial charge is 1.00 e. The molecule has 0 radical (unpaired) electrons. The number of aliphatic hydroxyl groups is 1. The average Bonchev–Trinajstić information content (AvgIpc) is 0.811. The molecule has 0 aromatic carbocycles. The first-order chi connectivity index (χ1) is 1.73. The SMILES string of the molecule is CC(C)O.[Cl-].[Cl-].[Cl-].[Cl-].[Ti+4]. The molecule has 0 atom stereocenters. The van der Waals surface area contributed by atoms with E-state index in [-0.39, 0.29) is 77.4 Å². The van der Waals surface area contributed by atoms with Crippen LogP contribution < -0.4 is 49.6 Å². The minimum Gasteiger partial charge on any atom is -1.00 e. The number of hydrogen-bond acceptors (Lipinski definition) is 1. The van der Waals surface area contributed by atoms with Gasteiger partial charge in [-0.2, -0.15) is 0 Å². The van der Waals surface area contributed by atoms with Crippen LogP contribution in [0.5, 0.6) is 0 Å². The summed E-state index contributed by atoms with van der Waals surface area (Å²) in [6.45, 7) is 3.44. The van der Waals surface area contributed by atoms with Gasteiger partial charge in [-0.3, -0.25) is 0 Å². The molecular formula is C3H8Cl4OTi. The van der Waals surface area contributed by atoms with E-state index in [1.54, 1.807) is 13.8 Å². The van der Waals surface area contributed by atoms with E-state index in [9.17, 15) is 0 Å². The third kappa shape index (κ3) is 179. The Labute approximate surface area is 95.9 Å². The van der Waals surface area contributed by atoms with Gasteiger partial charge in [-0.25, -0.2) is 0 Å². The van der Waals surface area contributed by atoms with Crippen molar-refractivity contribution in [2.75, 3.05) is 0 Å². The van der Waals surface area contributed by atoms with Gasteiger partial charge in [-0.15, -0.1) is 0 Å². The van der Waals surface area contributed by atoms with Crippen molar-refractivity contribution >= 4 is 0 Å². The fraction of sp³-hybridized carbons (Fsp3) is 1.00. The zero-order valence-electron chi connectivity index (χ0n) is 5.04. The van der Waals surface area contributed by atoms with Crippen LogP contribution in [0.1, 0.15) is 13.8 Å². The molecule has 0 aliphatic rings. The van der Waals surface area contributed by atoms with Crippen LogP contribution in [0.25, 0.3) is 0 Å².